The van der Waals surface area contributed by atoms with Gasteiger partial charge in [-0.2, -0.15) is 9.78 Å². The highest BCUT2D eigenvalue weighted by Crippen LogP contribution is 1.99. The summed E-state index contributed by atoms with van der Waals surface area (Å²) < 4.78 is 1.25. The molecular weight excluding hydrogens is 186 g/mol. The lowest BCUT2D eigenvalue weighted by Gasteiger charge is -1.94. The fourth-order valence-corrected chi connectivity index (χ4v) is 0.887. The molecule has 0 saturated carbocycles. The Balaban J connectivity index is 2.39. The van der Waals surface area contributed by atoms with Crippen LogP contribution in [0.3, 0.4) is 0 Å². The zero-order valence-corrected chi connectivity index (χ0v) is 6.90. The number of aromatic nitrogens is 5. The Morgan fingerprint density at radius 3 is 2.93 bits per heavy atom. The standard InChI is InChI=1S/C7H5N5O2/c13-7(14)6-8-4-12(11-6)5-2-1-3-9-10-5/h1-4H,(H,13,14). The Morgan fingerprint density at radius 2 is 2.36 bits per heavy atom. The highest BCUT2D eigenvalue weighted by atomic mass is 16.4. The number of rotatable bonds is 2. The van der Waals surface area contributed by atoms with E-state index in [1.165, 1.54) is 17.2 Å². The molecule has 0 spiro atoms. The zero-order valence-electron chi connectivity index (χ0n) is 6.90. The van der Waals surface area contributed by atoms with E-state index >= 15 is 0 Å². The quantitative estimate of drug-likeness (QED) is 0.703. The number of carbonyl (C=O) groups is 1. The van der Waals surface area contributed by atoms with Gasteiger partial charge < -0.3 is 5.11 Å². The molecule has 2 heterocycles. The van der Waals surface area contributed by atoms with Crippen LogP contribution in [0.1, 0.15) is 10.6 Å². The second kappa shape index (κ2) is 3.21. The van der Waals surface area contributed by atoms with E-state index in [0.717, 1.165) is 0 Å². The first-order chi connectivity index (χ1) is 6.77. The van der Waals surface area contributed by atoms with Gasteiger partial charge in [0.1, 0.15) is 6.33 Å². The Labute approximate surface area is 78.0 Å². The van der Waals surface area contributed by atoms with Gasteiger partial charge in [-0.15, -0.1) is 10.2 Å². The van der Waals surface area contributed by atoms with Crippen LogP contribution >= 0.6 is 0 Å². The molecule has 0 aromatic carbocycles. The maximum atomic E-state index is 10.5. The lowest BCUT2D eigenvalue weighted by atomic mass is 10.5. The molecular formula is C7H5N5O2. The predicted octanol–water partition coefficient (Wildman–Crippen LogP) is -0.245. The van der Waals surface area contributed by atoms with E-state index in [4.69, 9.17) is 5.11 Å². The third-order valence-corrected chi connectivity index (χ3v) is 1.48. The van der Waals surface area contributed by atoms with Gasteiger partial charge in [0, 0.05) is 6.20 Å². The molecule has 7 nitrogen and oxygen atoms in total. The van der Waals surface area contributed by atoms with Crippen LogP contribution in [0.2, 0.25) is 0 Å². The van der Waals surface area contributed by atoms with E-state index in [2.05, 4.69) is 20.3 Å². The Bertz CT molecular complexity index is 452. The van der Waals surface area contributed by atoms with Crippen LogP contribution in [0.4, 0.5) is 0 Å². The van der Waals surface area contributed by atoms with Gasteiger partial charge in [-0.3, -0.25) is 0 Å². The Morgan fingerprint density at radius 1 is 1.50 bits per heavy atom. The van der Waals surface area contributed by atoms with Crippen molar-refractivity contribution >= 4 is 5.97 Å². The van der Waals surface area contributed by atoms with Gasteiger partial charge in [-0.25, -0.2) is 9.78 Å². The molecule has 0 atom stereocenters. The molecule has 0 aliphatic carbocycles. The fraction of sp³-hybridized carbons (Fsp3) is 0. The highest BCUT2D eigenvalue weighted by Gasteiger charge is 2.09. The first-order valence-corrected chi connectivity index (χ1v) is 3.70. The molecule has 7 heteroatoms. The molecule has 0 aliphatic heterocycles. The summed E-state index contributed by atoms with van der Waals surface area (Å²) in [6, 6.07) is 3.32. The molecule has 1 N–H and O–H groups in total. The minimum absolute atomic E-state index is 0.268. The van der Waals surface area contributed by atoms with E-state index in [1.807, 2.05) is 0 Å². The lowest BCUT2D eigenvalue weighted by Crippen LogP contribution is -2.03. The molecule has 0 amide bonds. The van der Waals surface area contributed by atoms with Crippen molar-refractivity contribution in [3.8, 4) is 5.82 Å². The van der Waals surface area contributed by atoms with Gasteiger partial charge >= 0.3 is 5.97 Å². The Hall–Kier alpha value is -2.31. The number of nitrogens with zero attached hydrogens (tertiary/aromatic N) is 5. The molecule has 0 bridgehead atoms. The van der Waals surface area contributed by atoms with Crippen molar-refractivity contribution in [2.24, 2.45) is 0 Å². The normalized spacial score (nSPS) is 10.0. The lowest BCUT2D eigenvalue weighted by molar-refractivity contribution is 0.0683. The van der Waals surface area contributed by atoms with Gasteiger partial charge in [-0.1, -0.05) is 0 Å². The van der Waals surface area contributed by atoms with Crippen molar-refractivity contribution in [2.45, 2.75) is 0 Å². The number of hydrogen-bond donors (Lipinski definition) is 1. The van der Waals surface area contributed by atoms with E-state index in [0.29, 0.717) is 5.82 Å². The first kappa shape index (κ1) is 8.30. The van der Waals surface area contributed by atoms with Crippen LogP contribution in [0.15, 0.2) is 24.7 Å². The van der Waals surface area contributed by atoms with Crippen molar-refractivity contribution in [1.82, 2.24) is 25.0 Å². The average molecular weight is 191 g/mol. The summed E-state index contributed by atoms with van der Waals surface area (Å²) in [5.41, 5.74) is 0. The number of carboxylic acids is 1. The summed E-state index contributed by atoms with van der Waals surface area (Å²) in [4.78, 5) is 14.0. The van der Waals surface area contributed by atoms with Crippen LogP contribution in [0.5, 0.6) is 0 Å². The van der Waals surface area contributed by atoms with E-state index in [1.54, 1.807) is 12.1 Å². The molecule has 0 radical (unpaired) electrons. The zero-order chi connectivity index (χ0) is 9.97. The highest BCUT2D eigenvalue weighted by molar-refractivity contribution is 5.82. The third kappa shape index (κ3) is 1.42. The Kier molecular flexibility index (Phi) is 1.90. The van der Waals surface area contributed by atoms with Crippen LogP contribution in [-0.4, -0.2) is 36.0 Å². The molecule has 2 aromatic heterocycles. The topological polar surface area (TPSA) is 93.8 Å². The van der Waals surface area contributed by atoms with Crippen molar-refractivity contribution in [2.75, 3.05) is 0 Å². The summed E-state index contributed by atoms with van der Waals surface area (Å²) in [5, 5.41) is 19.6. The van der Waals surface area contributed by atoms with Crippen LogP contribution in [0, 0.1) is 0 Å². The van der Waals surface area contributed by atoms with Crippen LogP contribution in [-0.2, 0) is 0 Å². The van der Waals surface area contributed by atoms with Gasteiger partial charge in [-0.05, 0) is 12.1 Å². The summed E-state index contributed by atoms with van der Waals surface area (Å²) in [7, 11) is 0. The minimum atomic E-state index is -1.17. The SMILES string of the molecule is O=C(O)c1ncn(-c2cccnn2)n1. The second-order valence-electron chi connectivity index (χ2n) is 2.40. The number of carboxylic acid groups (broad SMARTS) is 1. The average Bonchev–Trinajstić information content (AvgIpc) is 2.68. The predicted molar refractivity (Wildman–Crippen MR) is 43.9 cm³/mol. The molecule has 2 rings (SSSR count). The number of aromatic carboxylic acids is 1. The molecule has 14 heavy (non-hydrogen) atoms. The minimum Gasteiger partial charge on any atom is -0.475 e. The fourth-order valence-electron chi connectivity index (χ4n) is 0.887. The van der Waals surface area contributed by atoms with Crippen LogP contribution in [0.25, 0.3) is 5.82 Å². The molecule has 0 saturated heterocycles. The molecule has 0 unspecified atom stereocenters. The van der Waals surface area contributed by atoms with Gasteiger partial charge in [0.25, 0.3) is 5.82 Å². The smallest absolute Gasteiger partial charge is 0.375 e. The third-order valence-electron chi connectivity index (χ3n) is 1.48. The second-order valence-corrected chi connectivity index (χ2v) is 2.40. The molecule has 70 valence electrons. The first-order valence-electron chi connectivity index (χ1n) is 3.70. The molecule has 0 fully saturated rings. The maximum absolute atomic E-state index is 10.5. The van der Waals surface area contributed by atoms with Gasteiger partial charge in [0.15, 0.2) is 5.82 Å². The summed E-state index contributed by atoms with van der Waals surface area (Å²) in [6.45, 7) is 0. The largest absolute Gasteiger partial charge is 0.475 e. The monoisotopic (exact) mass is 191 g/mol. The van der Waals surface area contributed by atoms with Crippen molar-refractivity contribution in [3.63, 3.8) is 0 Å². The summed E-state index contributed by atoms with van der Waals surface area (Å²) in [5.74, 6) is -1.02. The maximum Gasteiger partial charge on any atom is 0.375 e. The van der Waals surface area contributed by atoms with Gasteiger partial charge in [0.2, 0.25) is 0 Å². The van der Waals surface area contributed by atoms with Gasteiger partial charge in [0.05, 0.1) is 0 Å². The van der Waals surface area contributed by atoms with Crippen molar-refractivity contribution in [3.05, 3.63) is 30.5 Å². The summed E-state index contributed by atoms with van der Waals surface area (Å²) >= 11 is 0. The van der Waals surface area contributed by atoms with E-state index in [-0.39, 0.29) is 5.82 Å². The van der Waals surface area contributed by atoms with Crippen LogP contribution < -0.4 is 0 Å². The summed E-state index contributed by atoms with van der Waals surface area (Å²) in [6.07, 6.45) is 2.78. The van der Waals surface area contributed by atoms with E-state index < -0.39 is 5.97 Å². The van der Waals surface area contributed by atoms with E-state index in [9.17, 15) is 4.79 Å². The molecule has 0 aliphatic rings. The van der Waals surface area contributed by atoms with Crippen molar-refractivity contribution in [1.29, 1.82) is 0 Å². The molecule has 2 aromatic rings. The number of hydrogen-bond acceptors (Lipinski definition) is 5. The van der Waals surface area contributed by atoms with Crippen molar-refractivity contribution < 1.29 is 9.90 Å².